The average Bonchev–Trinajstić information content (AvgIpc) is 2.82. The fourth-order valence-corrected chi connectivity index (χ4v) is 2.52. The molecule has 1 aliphatic carbocycles. The van der Waals surface area contributed by atoms with Crippen LogP contribution in [-0.4, -0.2) is 12.2 Å². The zero-order valence-electron chi connectivity index (χ0n) is 9.65. The summed E-state index contributed by atoms with van der Waals surface area (Å²) in [6.07, 6.45) is 4.17. The highest BCUT2D eigenvalue weighted by Gasteiger charge is 2.26. The van der Waals surface area contributed by atoms with E-state index in [9.17, 15) is 5.11 Å². The van der Waals surface area contributed by atoms with Gasteiger partial charge in [-0.2, -0.15) is 0 Å². The number of nitrogens with two attached hydrogens (primary N) is 1. The van der Waals surface area contributed by atoms with Crippen molar-refractivity contribution >= 4 is 5.69 Å². The Morgan fingerprint density at radius 2 is 2.06 bits per heavy atom. The number of ether oxygens (including phenoxy) is 1. The van der Waals surface area contributed by atoms with Crippen LogP contribution in [-0.2, 0) is 0 Å². The molecule has 3 N–H and O–H groups in total. The van der Waals surface area contributed by atoms with Gasteiger partial charge in [-0.1, -0.05) is 25.0 Å². The molecule has 0 amide bonds. The number of aliphatic hydroxyl groups excluding tert-OH is 1. The van der Waals surface area contributed by atoms with Gasteiger partial charge in [0.25, 0.3) is 0 Å². The summed E-state index contributed by atoms with van der Waals surface area (Å²) >= 11 is 0. The standard InChI is InChI=1S/C13H19NO2/c1-16-11-8-4-7-10(12(11)14)13(15)9-5-2-3-6-9/h4,7-9,13,15H,2-3,5-6,14H2,1H3. The molecule has 16 heavy (non-hydrogen) atoms. The van der Waals surface area contributed by atoms with Crippen LogP contribution in [0.3, 0.4) is 0 Å². The molecule has 0 heterocycles. The van der Waals surface area contributed by atoms with Crippen molar-refractivity contribution in [3.05, 3.63) is 23.8 Å². The van der Waals surface area contributed by atoms with Gasteiger partial charge in [0.2, 0.25) is 0 Å². The lowest BCUT2D eigenvalue weighted by Gasteiger charge is -2.20. The van der Waals surface area contributed by atoms with E-state index in [1.807, 2.05) is 18.2 Å². The molecule has 0 bridgehead atoms. The monoisotopic (exact) mass is 221 g/mol. The van der Waals surface area contributed by atoms with E-state index in [1.165, 1.54) is 12.8 Å². The number of nitrogen functional groups attached to an aromatic ring is 1. The molecule has 1 aliphatic rings. The van der Waals surface area contributed by atoms with Crippen LogP contribution in [0.15, 0.2) is 18.2 Å². The molecule has 88 valence electrons. The maximum atomic E-state index is 10.3. The van der Waals surface area contributed by atoms with E-state index in [1.54, 1.807) is 7.11 Å². The van der Waals surface area contributed by atoms with E-state index in [-0.39, 0.29) is 0 Å². The second-order valence-electron chi connectivity index (χ2n) is 4.45. The molecule has 0 aliphatic heterocycles. The number of hydrogen-bond donors (Lipinski definition) is 2. The summed E-state index contributed by atoms with van der Waals surface area (Å²) in [5.74, 6) is 1.00. The fourth-order valence-electron chi connectivity index (χ4n) is 2.52. The minimum absolute atomic E-state index is 0.356. The van der Waals surface area contributed by atoms with Crippen molar-refractivity contribution in [1.82, 2.24) is 0 Å². The lowest BCUT2D eigenvalue weighted by Crippen LogP contribution is -2.11. The second kappa shape index (κ2) is 4.74. The molecule has 3 nitrogen and oxygen atoms in total. The molecule has 1 unspecified atom stereocenters. The Bertz CT molecular complexity index is 359. The lowest BCUT2D eigenvalue weighted by atomic mass is 9.93. The molecular weight excluding hydrogens is 202 g/mol. The highest BCUT2D eigenvalue weighted by Crippen LogP contribution is 2.39. The quantitative estimate of drug-likeness (QED) is 0.771. The van der Waals surface area contributed by atoms with Gasteiger partial charge in [0.15, 0.2) is 0 Å². The fraction of sp³-hybridized carbons (Fsp3) is 0.538. The molecule has 0 spiro atoms. The Hall–Kier alpha value is -1.22. The van der Waals surface area contributed by atoms with Gasteiger partial charge in [-0.25, -0.2) is 0 Å². The third kappa shape index (κ3) is 2.00. The maximum Gasteiger partial charge on any atom is 0.142 e. The van der Waals surface area contributed by atoms with Gasteiger partial charge in [-0.3, -0.25) is 0 Å². The van der Waals surface area contributed by atoms with Crippen LogP contribution in [0.1, 0.15) is 37.4 Å². The Morgan fingerprint density at radius 3 is 2.69 bits per heavy atom. The summed E-state index contributed by atoms with van der Waals surface area (Å²) in [5, 5.41) is 10.3. The van der Waals surface area contributed by atoms with E-state index in [0.29, 0.717) is 17.4 Å². The molecule has 2 rings (SSSR count). The smallest absolute Gasteiger partial charge is 0.142 e. The van der Waals surface area contributed by atoms with Gasteiger partial charge in [0.05, 0.1) is 18.9 Å². The number of anilines is 1. The minimum atomic E-state index is -0.447. The molecule has 1 saturated carbocycles. The average molecular weight is 221 g/mol. The van der Waals surface area contributed by atoms with Crippen molar-refractivity contribution in [2.45, 2.75) is 31.8 Å². The number of aliphatic hydroxyl groups is 1. The molecular formula is C13H19NO2. The highest BCUT2D eigenvalue weighted by atomic mass is 16.5. The molecule has 0 aromatic heterocycles. The summed E-state index contributed by atoms with van der Waals surface area (Å²) in [6, 6.07) is 5.59. The minimum Gasteiger partial charge on any atom is -0.495 e. The third-order valence-electron chi connectivity index (χ3n) is 3.48. The number of rotatable bonds is 3. The van der Waals surface area contributed by atoms with Crippen LogP contribution >= 0.6 is 0 Å². The maximum absolute atomic E-state index is 10.3. The first-order chi connectivity index (χ1) is 7.74. The van der Waals surface area contributed by atoms with Crippen LogP contribution in [0.4, 0.5) is 5.69 Å². The highest BCUT2D eigenvalue weighted by molar-refractivity contribution is 5.59. The first-order valence-corrected chi connectivity index (χ1v) is 5.84. The normalized spacial score (nSPS) is 18.6. The number of hydrogen-bond acceptors (Lipinski definition) is 3. The lowest BCUT2D eigenvalue weighted by molar-refractivity contribution is 0.112. The van der Waals surface area contributed by atoms with Gasteiger partial charge in [-0.05, 0) is 24.8 Å². The summed E-state index contributed by atoms with van der Waals surface area (Å²) in [7, 11) is 1.59. The molecule has 0 radical (unpaired) electrons. The Morgan fingerprint density at radius 1 is 1.38 bits per heavy atom. The van der Waals surface area contributed by atoms with Gasteiger partial charge < -0.3 is 15.6 Å². The predicted molar refractivity (Wildman–Crippen MR) is 64.3 cm³/mol. The van der Waals surface area contributed by atoms with E-state index >= 15 is 0 Å². The van der Waals surface area contributed by atoms with Crippen LogP contribution in [0, 0.1) is 5.92 Å². The molecule has 1 aromatic carbocycles. The second-order valence-corrected chi connectivity index (χ2v) is 4.45. The van der Waals surface area contributed by atoms with Crippen LogP contribution < -0.4 is 10.5 Å². The molecule has 1 aromatic rings. The van der Waals surface area contributed by atoms with Crippen molar-refractivity contribution in [2.75, 3.05) is 12.8 Å². The third-order valence-corrected chi connectivity index (χ3v) is 3.48. The number of methoxy groups -OCH3 is 1. The summed E-state index contributed by atoms with van der Waals surface area (Å²) < 4.78 is 5.16. The van der Waals surface area contributed by atoms with Crippen molar-refractivity contribution in [3.8, 4) is 5.75 Å². The van der Waals surface area contributed by atoms with Crippen molar-refractivity contribution in [2.24, 2.45) is 5.92 Å². The number of para-hydroxylation sites is 1. The summed E-state index contributed by atoms with van der Waals surface area (Å²) in [6.45, 7) is 0. The van der Waals surface area contributed by atoms with Gasteiger partial charge in [0.1, 0.15) is 5.75 Å². The summed E-state index contributed by atoms with van der Waals surface area (Å²) in [4.78, 5) is 0. The Balaban J connectivity index is 2.25. The number of benzene rings is 1. The molecule has 0 saturated heterocycles. The van der Waals surface area contributed by atoms with E-state index < -0.39 is 6.10 Å². The zero-order valence-corrected chi connectivity index (χ0v) is 9.65. The molecule has 3 heteroatoms. The predicted octanol–water partition coefficient (Wildman–Crippen LogP) is 2.50. The SMILES string of the molecule is COc1cccc(C(O)C2CCCC2)c1N. The van der Waals surface area contributed by atoms with Crippen molar-refractivity contribution in [3.63, 3.8) is 0 Å². The molecule has 1 atom stereocenters. The van der Waals surface area contributed by atoms with E-state index in [4.69, 9.17) is 10.5 Å². The largest absolute Gasteiger partial charge is 0.495 e. The van der Waals surface area contributed by atoms with Crippen molar-refractivity contribution < 1.29 is 9.84 Å². The zero-order chi connectivity index (χ0) is 11.5. The first kappa shape index (κ1) is 11.3. The Kier molecular flexibility index (Phi) is 3.34. The van der Waals surface area contributed by atoms with Crippen LogP contribution in [0.25, 0.3) is 0 Å². The topological polar surface area (TPSA) is 55.5 Å². The Labute approximate surface area is 96.2 Å². The van der Waals surface area contributed by atoms with Gasteiger partial charge in [0, 0.05) is 5.56 Å². The summed E-state index contributed by atoms with van der Waals surface area (Å²) in [5.41, 5.74) is 7.36. The van der Waals surface area contributed by atoms with Crippen LogP contribution in [0.2, 0.25) is 0 Å². The van der Waals surface area contributed by atoms with Crippen LogP contribution in [0.5, 0.6) is 5.75 Å². The van der Waals surface area contributed by atoms with Gasteiger partial charge >= 0.3 is 0 Å². The van der Waals surface area contributed by atoms with E-state index in [2.05, 4.69) is 0 Å². The molecule has 1 fully saturated rings. The van der Waals surface area contributed by atoms with Gasteiger partial charge in [-0.15, -0.1) is 0 Å². The van der Waals surface area contributed by atoms with E-state index in [0.717, 1.165) is 18.4 Å². The first-order valence-electron chi connectivity index (χ1n) is 5.84. The van der Waals surface area contributed by atoms with Crippen molar-refractivity contribution in [1.29, 1.82) is 0 Å².